The first-order chi connectivity index (χ1) is 24.8. The molecule has 1 amide bonds. The van der Waals surface area contributed by atoms with Gasteiger partial charge in [-0.05, 0) is 88.2 Å². The molecular weight excluding hydrogens is 668 g/mol. The van der Waals surface area contributed by atoms with E-state index in [0.29, 0.717) is 87.2 Å². The highest BCUT2D eigenvalue weighted by atomic mass is 16.6. The summed E-state index contributed by atoms with van der Waals surface area (Å²) in [5, 5.41) is 5.69. The molecule has 0 spiro atoms. The number of ketones is 1. The smallest absolute Gasteiger partial charge is 0.407 e. The van der Waals surface area contributed by atoms with Crippen molar-refractivity contribution in [1.29, 1.82) is 0 Å². The Morgan fingerprint density at radius 3 is 1.75 bits per heavy atom. The first-order valence-corrected chi connectivity index (χ1v) is 17.2. The lowest BCUT2D eigenvalue weighted by Gasteiger charge is -2.23. The minimum Gasteiger partial charge on any atom is -0.493 e. The van der Waals surface area contributed by atoms with E-state index in [0.717, 1.165) is 11.1 Å². The summed E-state index contributed by atoms with van der Waals surface area (Å²) in [7, 11) is 3.13. The highest BCUT2D eigenvalue weighted by molar-refractivity contribution is 5.95. The highest BCUT2D eigenvalue weighted by Crippen LogP contribution is 2.30. The van der Waals surface area contributed by atoms with Gasteiger partial charge in [0.05, 0.1) is 46.8 Å². The molecule has 0 unspecified atom stereocenters. The quantitative estimate of drug-likeness (QED) is 0.0488. The second-order valence-electron chi connectivity index (χ2n) is 12.7. The molecule has 0 aliphatic carbocycles. The third kappa shape index (κ3) is 18.9. The van der Waals surface area contributed by atoms with Crippen LogP contribution in [0.4, 0.5) is 4.79 Å². The molecule has 0 fully saturated rings. The Morgan fingerprint density at radius 2 is 1.25 bits per heavy atom. The van der Waals surface area contributed by atoms with E-state index in [2.05, 4.69) is 23.8 Å². The molecule has 0 heterocycles. The van der Waals surface area contributed by atoms with Crippen LogP contribution >= 0.6 is 0 Å². The van der Waals surface area contributed by atoms with Crippen molar-refractivity contribution in [2.75, 3.05) is 67.0 Å². The number of nitrogens with one attached hydrogen (secondary N) is 2. The number of amides is 1. The molecule has 2 N–H and O–H groups in total. The predicted molar refractivity (Wildman–Crippen MR) is 203 cm³/mol. The van der Waals surface area contributed by atoms with Crippen LogP contribution in [0.1, 0.15) is 52.2 Å². The third-order valence-corrected chi connectivity index (χ3v) is 6.58. The zero-order chi connectivity index (χ0) is 38.4. The molecule has 0 saturated carbocycles. The van der Waals surface area contributed by atoms with Crippen molar-refractivity contribution >= 4 is 24.0 Å². The third-order valence-electron chi connectivity index (χ3n) is 6.58. The second kappa shape index (κ2) is 23.5. The second-order valence-corrected chi connectivity index (χ2v) is 12.7. The van der Waals surface area contributed by atoms with Gasteiger partial charge in [0.1, 0.15) is 18.8 Å². The van der Waals surface area contributed by atoms with Gasteiger partial charge in [-0.3, -0.25) is 4.79 Å². The van der Waals surface area contributed by atoms with Crippen LogP contribution in [-0.2, 0) is 23.7 Å². The summed E-state index contributed by atoms with van der Waals surface area (Å²) < 4.78 is 44.3. The molecule has 0 aromatic heterocycles. The zero-order valence-corrected chi connectivity index (χ0v) is 31.7. The van der Waals surface area contributed by atoms with E-state index in [4.69, 9.17) is 37.9 Å². The van der Waals surface area contributed by atoms with E-state index in [1.54, 1.807) is 58.4 Å². The fourth-order valence-electron chi connectivity index (χ4n) is 4.33. The van der Waals surface area contributed by atoms with E-state index < -0.39 is 6.09 Å². The van der Waals surface area contributed by atoms with E-state index >= 15 is 0 Å². The molecular formula is C40H56N2O10. The van der Waals surface area contributed by atoms with Crippen LogP contribution in [0.5, 0.6) is 23.0 Å². The number of benzene rings is 2. The van der Waals surface area contributed by atoms with Gasteiger partial charge < -0.3 is 48.5 Å². The largest absolute Gasteiger partial charge is 0.493 e. The van der Waals surface area contributed by atoms with Gasteiger partial charge in [-0.15, -0.1) is 0 Å². The number of ether oxygens (including phenoxy) is 8. The van der Waals surface area contributed by atoms with E-state index in [9.17, 15) is 9.59 Å². The Morgan fingerprint density at radius 1 is 0.731 bits per heavy atom. The molecule has 0 saturated heterocycles. The van der Waals surface area contributed by atoms with Crippen LogP contribution in [0.25, 0.3) is 12.2 Å². The number of methoxy groups -OCH3 is 2. The lowest BCUT2D eigenvalue weighted by molar-refractivity contribution is -0.113. The van der Waals surface area contributed by atoms with Gasteiger partial charge in [-0.1, -0.05) is 36.9 Å². The summed E-state index contributed by atoms with van der Waals surface area (Å²) in [5.41, 5.74) is 2.00. The molecule has 12 heteroatoms. The maximum atomic E-state index is 12.7. The predicted octanol–water partition coefficient (Wildman–Crippen LogP) is 6.75. The van der Waals surface area contributed by atoms with Crippen molar-refractivity contribution in [3.05, 3.63) is 84.3 Å². The van der Waals surface area contributed by atoms with Gasteiger partial charge in [0, 0.05) is 19.5 Å². The van der Waals surface area contributed by atoms with Crippen LogP contribution in [0.2, 0.25) is 0 Å². The lowest BCUT2D eigenvalue weighted by Crippen LogP contribution is -2.30. The maximum Gasteiger partial charge on any atom is 0.407 e. The Bertz CT molecular complexity index is 1490. The molecule has 52 heavy (non-hydrogen) atoms. The number of rotatable bonds is 25. The van der Waals surface area contributed by atoms with Gasteiger partial charge >= 0.3 is 6.09 Å². The molecule has 0 atom stereocenters. The van der Waals surface area contributed by atoms with Gasteiger partial charge in [0.2, 0.25) is 0 Å². The first-order valence-electron chi connectivity index (χ1n) is 17.2. The Labute approximate surface area is 308 Å². The SMILES string of the molecule is C=C(/C=C/c1ccc(OCCOCCNC(=O)OC(C)C)c(OC)c1)CC(=O)/C=C/c1ccc(OCCOCCNC(=C)OC(C)(C)C)c(OC)c1. The van der Waals surface area contributed by atoms with Crippen LogP contribution < -0.4 is 29.6 Å². The number of alkyl carbamates (subject to hydrolysis) is 1. The van der Waals surface area contributed by atoms with Crippen molar-refractivity contribution < 1.29 is 47.5 Å². The molecule has 2 rings (SSSR count). The van der Waals surface area contributed by atoms with Gasteiger partial charge in [-0.25, -0.2) is 4.79 Å². The molecule has 0 bridgehead atoms. The van der Waals surface area contributed by atoms with Crippen molar-refractivity contribution in [1.82, 2.24) is 10.6 Å². The van der Waals surface area contributed by atoms with Crippen molar-refractivity contribution in [3.63, 3.8) is 0 Å². The topological polar surface area (TPSA) is 132 Å². The van der Waals surface area contributed by atoms with E-state index in [1.165, 1.54) is 6.08 Å². The zero-order valence-electron chi connectivity index (χ0n) is 31.7. The molecule has 286 valence electrons. The maximum absolute atomic E-state index is 12.7. The summed E-state index contributed by atoms with van der Waals surface area (Å²) >= 11 is 0. The van der Waals surface area contributed by atoms with Gasteiger partial charge in [0.25, 0.3) is 0 Å². The van der Waals surface area contributed by atoms with Crippen LogP contribution in [0.15, 0.2) is 73.2 Å². The number of carbonyl (C=O) groups excluding carboxylic acids is 2. The van der Waals surface area contributed by atoms with E-state index in [1.807, 2.05) is 45.0 Å². The number of hydrogen-bond donors (Lipinski definition) is 2. The normalized spacial score (nSPS) is 11.4. The number of allylic oxidation sites excluding steroid dienone is 3. The summed E-state index contributed by atoms with van der Waals surface area (Å²) in [5.74, 6) is 2.67. The van der Waals surface area contributed by atoms with Crippen LogP contribution in [-0.4, -0.2) is 90.5 Å². The Hall–Kier alpha value is -4.94. The lowest BCUT2D eigenvalue weighted by atomic mass is 10.1. The van der Waals surface area contributed by atoms with Crippen LogP contribution in [0, 0.1) is 0 Å². The average molecular weight is 725 g/mol. The summed E-state index contributed by atoms with van der Waals surface area (Å²) in [6.45, 7) is 20.4. The molecule has 0 radical (unpaired) electrons. The van der Waals surface area contributed by atoms with Crippen LogP contribution in [0.3, 0.4) is 0 Å². The molecule has 12 nitrogen and oxygen atoms in total. The average Bonchev–Trinajstić information content (AvgIpc) is 3.08. The Kier molecular flexibility index (Phi) is 19.5. The van der Waals surface area contributed by atoms with E-state index in [-0.39, 0.29) is 23.9 Å². The van der Waals surface area contributed by atoms with Crippen molar-refractivity contribution in [2.24, 2.45) is 0 Å². The molecule has 2 aromatic carbocycles. The van der Waals surface area contributed by atoms with Gasteiger partial charge in [0.15, 0.2) is 34.7 Å². The number of carbonyl (C=O) groups is 2. The minimum absolute atomic E-state index is 0.0936. The standard InChI is InChI=1S/C40H56N2O10/c1-29(2)51-39(44)42-19-21-48-23-25-50-35-16-13-32(27-37(35)45-8)11-10-30(3)26-34(43)15-12-33-14-17-36(38(28-33)46-9)49-24-22-47-20-18-41-31(4)52-40(5,6)7/h10-17,27-29,41H,3-4,18-26H2,1-2,5-9H3,(H,42,44)/b11-10+,15-12+. The van der Waals surface area contributed by atoms with Gasteiger partial charge in [-0.2, -0.15) is 0 Å². The molecule has 0 aliphatic rings. The Balaban J connectivity index is 1.74. The summed E-state index contributed by atoms with van der Waals surface area (Å²) in [6, 6.07) is 11.0. The summed E-state index contributed by atoms with van der Waals surface area (Å²) in [6.07, 6.45) is 6.42. The first kappa shape index (κ1) is 43.2. The summed E-state index contributed by atoms with van der Waals surface area (Å²) in [4.78, 5) is 24.1. The van der Waals surface area contributed by atoms with Crippen molar-refractivity contribution in [3.8, 4) is 23.0 Å². The van der Waals surface area contributed by atoms with Crippen molar-refractivity contribution in [2.45, 2.75) is 52.7 Å². The number of hydrogen-bond acceptors (Lipinski definition) is 11. The fourth-order valence-corrected chi connectivity index (χ4v) is 4.33. The fraction of sp³-hybridized carbons (Fsp3) is 0.450. The molecule has 2 aromatic rings. The molecule has 0 aliphatic heterocycles. The monoisotopic (exact) mass is 724 g/mol. The highest BCUT2D eigenvalue weighted by Gasteiger charge is 2.12. The minimum atomic E-state index is -0.471.